The lowest BCUT2D eigenvalue weighted by molar-refractivity contribution is 0.317. The molecule has 4 aromatic carbocycles. The molecule has 0 saturated heterocycles. The summed E-state index contributed by atoms with van der Waals surface area (Å²) < 4.78 is 17.5. The normalized spacial score (nSPS) is 10.6. The van der Waals surface area contributed by atoms with Crippen molar-refractivity contribution in [3.8, 4) is 28.4 Å². The van der Waals surface area contributed by atoms with Crippen molar-refractivity contribution in [2.75, 3.05) is 24.7 Å². The smallest absolute Gasteiger partial charge is 0.127 e. The predicted octanol–water partition coefficient (Wildman–Crippen LogP) is 8.80. The lowest BCUT2D eigenvalue weighted by Crippen LogP contribution is -2.10. The van der Waals surface area contributed by atoms with Crippen LogP contribution in [0.4, 0.5) is 17.1 Å². The molecule has 36 heavy (non-hydrogen) atoms. The highest BCUT2D eigenvalue weighted by atomic mass is 16.5. The van der Waals surface area contributed by atoms with Gasteiger partial charge in [-0.1, -0.05) is 44.2 Å². The summed E-state index contributed by atoms with van der Waals surface area (Å²) in [5, 5.41) is 0. The number of benzene rings is 4. The highest BCUT2D eigenvalue weighted by Crippen LogP contribution is 2.38. The summed E-state index contributed by atoms with van der Waals surface area (Å²) in [6.07, 6.45) is 1.97. The second-order valence-electron chi connectivity index (χ2n) is 8.50. The summed E-state index contributed by atoms with van der Waals surface area (Å²) in [6.45, 7) is 8.30. The third-order valence-corrected chi connectivity index (χ3v) is 5.76. The van der Waals surface area contributed by atoms with Gasteiger partial charge in [-0.15, -0.1) is 0 Å². The summed E-state index contributed by atoms with van der Waals surface area (Å²) in [7, 11) is 0. The fourth-order valence-electron chi connectivity index (χ4n) is 4.05. The third-order valence-electron chi connectivity index (χ3n) is 5.76. The Morgan fingerprint density at radius 1 is 0.528 bits per heavy atom. The Bertz CT molecular complexity index is 1150. The molecule has 0 atom stereocenters. The maximum atomic E-state index is 5.85. The Morgan fingerprint density at radius 2 is 1.00 bits per heavy atom. The monoisotopic (exact) mass is 481 g/mol. The van der Waals surface area contributed by atoms with E-state index >= 15 is 0 Å². The molecule has 0 spiro atoms. The van der Waals surface area contributed by atoms with Crippen LogP contribution in [0.2, 0.25) is 0 Å². The molecular formula is C32H35NO3. The van der Waals surface area contributed by atoms with E-state index in [0.29, 0.717) is 19.8 Å². The van der Waals surface area contributed by atoms with Crippen LogP contribution in [0.3, 0.4) is 0 Å². The minimum Gasteiger partial charge on any atom is -0.494 e. The van der Waals surface area contributed by atoms with Crippen LogP contribution in [0.25, 0.3) is 11.1 Å². The molecule has 4 heteroatoms. The number of hydrogen-bond acceptors (Lipinski definition) is 4. The zero-order valence-electron chi connectivity index (χ0n) is 21.4. The van der Waals surface area contributed by atoms with Crippen LogP contribution in [0, 0.1) is 0 Å². The molecule has 4 aromatic rings. The minimum absolute atomic E-state index is 0.638. The molecule has 0 unspecified atom stereocenters. The minimum atomic E-state index is 0.638. The summed E-state index contributed by atoms with van der Waals surface area (Å²) in [6, 6.07) is 33.3. The molecular weight excluding hydrogens is 446 g/mol. The quantitative estimate of drug-likeness (QED) is 0.202. The molecule has 0 fully saturated rings. The van der Waals surface area contributed by atoms with Gasteiger partial charge in [0.1, 0.15) is 17.2 Å². The van der Waals surface area contributed by atoms with E-state index in [9.17, 15) is 0 Å². The molecule has 0 aliphatic rings. The average molecular weight is 482 g/mol. The molecule has 4 nitrogen and oxygen atoms in total. The van der Waals surface area contributed by atoms with Crippen molar-refractivity contribution in [1.82, 2.24) is 0 Å². The second-order valence-corrected chi connectivity index (χ2v) is 8.50. The van der Waals surface area contributed by atoms with E-state index in [4.69, 9.17) is 14.2 Å². The predicted molar refractivity (Wildman–Crippen MR) is 149 cm³/mol. The van der Waals surface area contributed by atoms with E-state index in [1.54, 1.807) is 0 Å². The molecule has 0 radical (unpaired) electrons. The summed E-state index contributed by atoms with van der Waals surface area (Å²) in [4.78, 5) is 2.24. The molecule has 186 valence electrons. The zero-order chi connectivity index (χ0) is 25.2. The highest BCUT2D eigenvalue weighted by molar-refractivity contribution is 5.79. The molecule has 0 aliphatic heterocycles. The fraction of sp³-hybridized carbons (Fsp3) is 0.250. The van der Waals surface area contributed by atoms with E-state index in [0.717, 1.165) is 58.3 Å². The van der Waals surface area contributed by atoms with E-state index < -0.39 is 0 Å². The summed E-state index contributed by atoms with van der Waals surface area (Å²) in [5.74, 6) is 2.66. The van der Waals surface area contributed by atoms with Gasteiger partial charge >= 0.3 is 0 Å². The van der Waals surface area contributed by atoms with Crippen LogP contribution in [-0.2, 0) is 0 Å². The maximum absolute atomic E-state index is 5.85. The second kappa shape index (κ2) is 12.7. The third kappa shape index (κ3) is 6.19. The molecule has 0 aromatic heterocycles. The van der Waals surface area contributed by atoms with Crippen molar-refractivity contribution in [1.29, 1.82) is 0 Å². The first-order valence-electron chi connectivity index (χ1n) is 12.8. The van der Waals surface area contributed by atoms with Gasteiger partial charge in [0, 0.05) is 22.6 Å². The molecule has 0 N–H and O–H groups in total. The van der Waals surface area contributed by atoms with Gasteiger partial charge in [0.25, 0.3) is 0 Å². The molecule has 0 heterocycles. The van der Waals surface area contributed by atoms with Gasteiger partial charge in [-0.25, -0.2) is 0 Å². The first-order chi connectivity index (χ1) is 17.7. The van der Waals surface area contributed by atoms with E-state index in [1.807, 2.05) is 49.4 Å². The summed E-state index contributed by atoms with van der Waals surface area (Å²) in [5.41, 5.74) is 5.39. The first-order valence-corrected chi connectivity index (χ1v) is 12.8. The maximum Gasteiger partial charge on any atom is 0.127 e. The SMILES string of the molecule is CCCOc1ccc(N(c2ccc(OCCC)cc2)c2ccc(-c3ccccc3OCC)cc2)cc1. The summed E-state index contributed by atoms with van der Waals surface area (Å²) >= 11 is 0. The Labute approximate surface area is 215 Å². The Kier molecular flexibility index (Phi) is 8.87. The van der Waals surface area contributed by atoms with Gasteiger partial charge in [-0.3, -0.25) is 0 Å². The Balaban J connectivity index is 1.68. The standard InChI is InChI=1S/C32H35NO3/c1-4-23-35-29-19-15-27(16-20-29)33(28-17-21-30(22-18-28)36-24-5-2)26-13-11-25(12-14-26)31-9-7-8-10-32(31)34-6-3/h7-22H,4-6,23-24H2,1-3H3. The topological polar surface area (TPSA) is 30.9 Å². The molecule has 0 amide bonds. The number of nitrogens with zero attached hydrogens (tertiary/aromatic N) is 1. The van der Waals surface area contributed by atoms with Crippen LogP contribution < -0.4 is 19.1 Å². The van der Waals surface area contributed by atoms with E-state index in [2.05, 4.69) is 73.3 Å². The zero-order valence-corrected chi connectivity index (χ0v) is 21.4. The van der Waals surface area contributed by atoms with Crippen molar-refractivity contribution in [2.24, 2.45) is 0 Å². The molecule has 4 rings (SSSR count). The molecule has 0 aliphatic carbocycles. The van der Waals surface area contributed by atoms with Crippen molar-refractivity contribution in [3.63, 3.8) is 0 Å². The van der Waals surface area contributed by atoms with Crippen LogP contribution >= 0.6 is 0 Å². The van der Waals surface area contributed by atoms with Gasteiger partial charge < -0.3 is 19.1 Å². The van der Waals surface area contributed by atoms with Crippen LogP contribution in [-0.4, -0.2) is 19.8 Å². The van der Waals surface area contributed by atoms with E-state index in [1.165, 1.54) is 0 Å². The first kappa shape index (κ1) is 25.2. The molecule has 0 bridgehead atoms. The van der Waals surface area contributed by atoms with Crippen LogP contribution in [0.1, 0.15) is 33.6 Å². The largest absolute Gasteiger partial charge is 0.494 e. The number of ether oxygens (including phenoxy) is 3. The van der Waals surface area contributed by atoms with Gasteiger partial charge in [-0.05, 0) is 92.1 Å². The van der Waals surface area contributed by atoms with Crippen LogP contribution in [0.5, 0.6) is 17.2 Å². The van der Waals surface area contributed by atoms with Crippen molar-refractivity contribution in [3.05, 3.63) is 97.1 Å². The van der Waals surface area contributed by atoms with Crippen LogP contribution in [0.15, 0.2) is 97.1 Å². The Hall–Kier alpha value is -3.92. The van der Waals surface area contributed by atoms with Crippen molar-refractivity contribution >= 4 is 17.1 Å². The van der Waals surface area contributed by atoms with Gasteiger partial charge in [0.15, 0.2) is 0 Å². The van der Waals surface area contributed by atoms with Gasteiger partial charge in [0.2, 0.25) is 0 Å². The number of rotatable bonds is 12. The lowest BCUT2D eigenvalue weighted by atomic mass is 10.0. The van der Waals surface area contributed by atoms with Gasteiger partial charge in [-0.2, -0.15) is 0 Å². The lowest BCUT2D eigenvalue weighted by Gasteiger charge is -2.26. The number of para-hydroxylation sites is 1. The molecule has 0 saturated carbocycles. The number of anilines is 3. The van der Waals surface area contributed by atoms with Crippen molar-refractivity contribution < 1.29 is 14.2 Å². The van der Waals surface area contributed by atoms with E-state index in [-0.39, 0.29) is 0 Å². The fourth-order valence-corrected chi connectivity index (χ4v) is 4.05. The number of hydrogen-bond donors (Lipinski definition) is 0. The Morgan fingerprint density at radius 3 is 1.47 bits per heavy atom. The van der Waals surface area contributed by atoms with Crippen molar-refractivity contribution in [2.45, 2.75) is 33.6 Å². The van der Waals surface area contributed by atoms with Gasteiger partial charge in [0.05, 0.1) is 19.8 Å². The highest BCUT2D eigenvalue weighted by Gasteiger charge is 2.14. The average Bonchev–Trinajstić information content (AvgIpc) is 2.93.